The number of nitrogens with zero attached hydrogens (tertiary/aromatic N) is 1. The van der Waals surface area contributed by atoms with Crippen LogP contribution >= 0.6 is 0 Å². The van der Waals surface area contributed by atoms with Crippen molar-refractivity contribution in [2.24, 2.45) is 10.9 Å². The topological polar surface area (TPSA) is 79.8 Å². The molecule has 0 amide bonds. The SMILES string of the molecule is CCOC(CCNC(=NC)NCCCS(=O)(=O)c1ccccc1)C(C)C. The third kappa shape index (κ3) is 8.19. The summed E-state index contributed by atoms with van der Waals surface area (Å²) >= 11 is 0. The van der Waals surface area contributed by atoms with Gasteiger partial charge in [0, 0.05) is 26.7 Å². The third-order valence-electron chi connectivity index (χ3n) is 4.05. The maximum atomic E-state index is 12.2. The lowest BCUT2D eigenvalue weighted by Gasteiger charge is -2.21. The van der Waals surface area contributed by atoms with Gasteiger partial charge in [-0.2, -0.15) is 0 Å². The van der Waals surface area contributed by atoms with E-state index < -0.39 is 9.84 Å². The molecule has 1 aromatic rings. The number of benzene rings is 1. The Morgan fingerprint density at radius 3 is 2.38 bits per heavy atom. The number of guanidine groups is 1. The molecule has 0 fully saturated rings. The molecule has 0 aliphatic rings. The predicted molar refractivity (Wildman–Crippen MR) is 107 cm³/mol. The number of rotatable bonds is 11. The summed E-state index contributed by atoms with van der Waals surface area (Å²) in [4.78, 5) is 4.55. The molecule has 1 unspecified atom stereocenters. The Labute approximate surface area is 158 Å². The van der Waals surface area contributed by atoms with Crippen LogP contribution in [0.15, 0.2) is 40.2 Å². The molecule has 26 heavy (non-hydrogen) atoms. The summed E-state index contributed by atoms with van der Waals surface area (Å²) in [5, 5.41) is 6.41. The highest BCUT2D eigenvalue weighted by Gasteiger charge is 2.14. The van der Waals surface area contributed by atoms with Crippen molar-refractivity contribution in [2.45, 2.75) is 44.6 Å². The standard InChI is InChI=1S/C19H33N3O3S/c1-5-25-18(16(2)3)12-14-22-19(20-4)21-13-9-15-26(23,24)17-10-7-6-8-11-17/h6-8,10-11,16,18H,5,9,12-15H2,1-4H3,(H2,20,21,22). The van der Waals surface area contributed by atoms with Gasteiger partial charge in [-0.3, -0.25) is 4.99 Å². The van der Waals surface area contributed by atoms with E-state index in [-0.39, 0.29) is 11.9 Å². The summed E-state index contributed by atoms with van der Waals surface area (Å²) in [5.41, 5.74) is 0. The molecule has 2 N–H and O–H groups in total. The molecule has 0 radical (unpaired) electrons. The Kier molecular flexibility index (Phi) is 10.3. The molecule has 6 nitrogen and oxygen atoms in total. The molecule has 1 rings (SSSR count). The van der Waals surface area contributed by atoms with Gasteiger partial charge in [0.05, 0.1) is 16.8 Å². The molecule has 0 aliphatic carbocycles. The van der Waals surface area contributed by atoms with Crippen LogP contribution in [0.3, 0.4) is 0 Å². The number of hydrogen-bond acceptors (Lipinski definition) is 4. The normalized spacial score (nSPS) is 13.7. The molecule has 0 bridgehead atoms. The van der Waals surface area contributed by atoms with Crippen LogP contribution in [0.25, 0.3) is 0 Å². The molecular weight excluding hydrogens is 350 g/mol. The van der Waals surface area contributed by atoms with Gasteiger partial charge in [0.15, 0.2) is 15.8 Å². The maximum absolute atomic E-state index is 12.2. The second-order valence-electron chi connectivity index (χ2n) is 6.44. The minimum Gasteiger partial charge on any atom is -0.378 e. The van der Waals surface area contributed by atoms with Crippen molar-refractivity contribution < 1.29 is 13.2 Å². The Balaban J connectivity index is 2.32. The van der Waals surface area contributed by atoms with Crippen LogP contribution in [-0.4, -0.2) is 53.0 Å². The van der Waals surface area contributed by atoms with E-state index in [0.717, 1.165) is 13.0 Å². The average molecular weight is 384 g/mol. The lowest BCUT2D eigenvalue weighted by atomic mass is 10.0. The first-order valence-corrected chi connectivity index (χ1v) is 10.9. The van der Waals surface area contributed by atoms with Gasteiger partial charge in [0.1, 0.15) is 0 Å². The number of aliphatic imine (C=N–C) groups is 1. The van der Waals surface area contributed by atoms with Crippen molar-refractivity contribution in [1.29, 1.82) is 0 Å². The molecule has 1 atom stereocenters. The molecule has 7 heteroatoms. The summed E-state index contributed by atoms with van der Waals surface area (Å²) in [5.74, 6) is 1.26. The lowest BCUT2D eigenvalue weighted by Crippen LogP contribution is -2.40. The minimum atomic E-state index is -3.23. The van der Waals surface area contributed by atoms with E-state index in [9.17, 15) is 8.42 Å². The van der Waals surface area contributed by atoms with Crippen molar-refractivity contribution in [3.8, 4) is 0 Å². The summed E-state index contributed by atoms with van der Waals surface area (Å²) in [6.45, 7) is 8.33. The fraction of sp³-hybridized carbons (Fsp3) is 0.632. The zero-order valence-electron chi connectivity index (χ0n) is 16.4. The monoisotopic (exact) mass is 383 g/mol. The Bertz CT molecular complexity index is 631. The van der Waals surface area contributed by atoms with E-state index >= 15 is 0 Å². The summed E-state index contributed by atoms with van der Waals surface area (Å²) in [6, 6.07) is 8.55. The number of nitrogens with one attached hydrogen (secondary N) is 2. The van der Waals surface area contributed by atoms with E-state index in [2.05, 4.69) is 29.5 Å². The summed E-state index contributed by atoms with van der Waals surface area (Å²) in [6.07, 6.45) is 1.64. The molecule has 0 aliphatic heterocycles. The second kappa shape index (κ2) is 11.9. The molecule has 1 aromatic carbocycles. The fourth-order valence-electron chi connectivity index (χ4n) is 2.59. The van der Waals surface area contributed by atoms with E-state index in [4.69, 9.17) is 4.74 Å². The maximum Gasteiger partial charge on any atom is 0.190 e. The van der Waals surface area contributed by atoms with Crippen LogP contribution in [0.2, 0.25) is 0 Å². The number of hydrogen-bond donors (Lipinski definition) is 2. The molecule has 148 valence electrons. The van der Waals surface area contributed by atoms with Gasteiger partial charge < -0.3 is 15.4 Å². The molecule has 0 spiro atoms. The third-order valence-corrected chi connectivity index (χ3v) is 5.87. The van der Waals surface area contributed by atoms with Crippen LogP contribution < -0.4 is 10.6 Å². The zero-order valence-corrected chi connectivity index (χ0v) is 17.2. The molecule has 0 aromatic heterocycles. The average Bonchev–Trinajstić information content (AvgIpc) is 2.63. The van der Waals surface area contributed by atoms with E-state index in [1.165, 1.54) is 0 Å². The quantitative estimate of drug-likeness (QED) is 0.349. The predicted octanol–water partition coefficient (Wildman–Crippen LogP) is 2.47. The second-order valence-corrected chi connectivity index (χ2v) is 8.55. The van der Waals surface area contributed by atoms with Crippen molar-refractivity contribution in [1.82, 2.24) is 10.6 Å². The van der Waals surface area contributed by atoms with Gasteiger partial charge in [-0.05, 0) is 37.8 Å². The van der Waals surface area contributed by atoms with Gasteiger partial charge in [0.25, 0.3) is 0 Å². The van der Waals surface area contributed by atoms with E-state index in [1.807, 2.05) is 13.0 Å². The first-order valence-electron chi connectivity index (χ1n) is 9.24. The first kappa shape index (κ1) is 22.4. The highest BCUT2D eigenvalue weighted by molar-refractivity contribution is 7.91. The van der Waals surface area contributed by atoms with Crippen molar-refractivity contribution in [3.05, 3.63) is 30.3 Å². The van der Waals surface area contributed by atoms with Gasteiger partial charge in [0.2, 0.25) is 0 Å². The van der Waals surface area contributed by atoms with Crippen LogP contribution in [0, 0.1) is 5.92 Å². The van der Waals surface area contributed by atoms with Crippen molar-refractivity contribution in [2.75, 3.05) is 32.5 Å². The van der Waals surface area contributed by atoms with Crippen LogP contribution in [0.1, 0.15) is 33.6 Å². The van der Waals surface area contributed by atoms with Crippen molar-refractivity contribution in [3.63, 3.8) is 0 Å². The summed E-state index contributed by atoms with van der Waals surface area (Å²) < 4.78 is 30.2. The largest absolute Gasteiger partial charge is 0.378 e. The fourth-order valence-corrected chi connectivity index (χ4v) is 3.92. The van der Waals surface area contributed by atoms with Crippen LogP contribution in [0.5, 0.6) is 0 Å². The minimum absolute atomic E-state index is 0.112. The first-order chi connectivity index (χ1) is 12.4. The molecule has 0 heterocycles. The Hall–Kier alpha value is -1.60. The van der Waals surface area contributed by atoms with E-state index in [1.54, 1.807) is 31.3 Å². The number of sulfone groups is 1. The van der Waals surface area contributed by atoms with E-state index in [0.29, 0.717) is 36.3 Å². The van der Waals surface area contributed by atoms with Gasteiger partial charge >= 0.3 is 0 Å². The van der Waals surface area contributed by atoms with Crippen LogP contribution in [-0.2, 0) is 14.6 Å². The molecule has 0 saturated heterocycles. The molecule has 0 saturated carbocycles. The molecular formula is C19H33N3O3S. The van der Waals surface area contributed by atoms with Crippen LogP contribution in [0.4, 0.5) is 0 Å². The number of ether oxygens (including phenoxy) is 1. The zero-order chi connectivity index (χ0) is 19.4. The Morgan fingerprint density at radius 2 is 1.81 bits per heavy atom. The highest BCUT2D eigenvalue weighted by Crippen LogP contribution is 2.11. The van der Waals surface area contributed by atoms with Gasteiger partial charge in [-0.15, -0.1) is 0 Å². The highest BCUT2D eigenvalue weighted by atomic mass is 32.2. The summed E-state index contributed by atoms with van der Waals surface area (Å²) in [7, 11) is -1.52. The lowest BCUT2D eigenvalue weighted by molar-refractivity contribution is 0.0258. The van der Waals surface area contributed by atoms with Gasteiger partial charge in [-0.1, -0.05) is 32.0 Å². The smallest absolute Gasteiger partial charge is 0.190 e. The Morgan fingerprint density at radius 1 is 1.15 bits per heavy atom. The van der Waals surface area contributed by atoms with Gasteiger partial charge in [-0.25, -0.2) is 8.42 Å². The van der Waals surface area contributed by atoms with Crippen molar-refractivity contribution >= 4 is 15.8 Å².